The third kappa shape index (κ3) is 2.98. The second kappa shape index (κ2) is 6.46. The molecule has 118 valence electrons. The van der Waals surface area contributed by atoms with Crippen LogP contribution >= 0.6 is 0 Å². The van der Waals surface area contributed by atoms with Crippen molar-refractivity contribution in [3.63, 3.8) is 0 Å². The highest BCUT2D eigenvalue weighted by Gasteiger charge is 2.19. The number of aromatic nitrogens is 1. The molecule has 1 saturated heterocycles. The van der Waals surface area contributed by atoms with Crippen LogP contribution in [0.3, 0.4) is 0 Å². The van der Waals surface area contributed by atoms with Crippen LogP contribution in [-0.4, -0.2) is 55.2 Å². The quantitative estimate of drug-likeness (QED) is 0.903. The van der Waals surface area contributed by atoms with Gasteiger partial charge in [0.2, 0.25) is 0 Å². The summed E-state index contributed by atoms with van der Waals surface area (Å²) in [4.78, 5) is 17.7. The van der Waals surface area contributed by atoms with E-state index in [1.54, 1.807) is 19.1 Å². The molecule has 2 aromatic rings. The van der Waals surface area contributed by atoms with Crippen LogP contribution in [0.15, 0.2) is 18.2 Å². The number of amides is 1. The second-order valence-electron chi connectivity index (χ2n) is 5.50. The number of benzene rings is 1. The van der Waals surface area contributed by atoms with Gasteiger partial charge in [-0.2, -0.15) is 0 Å². The number of nitrogens with one attached hydrogen (secondary N) is 2. The highest BCUT2D eigenvalue weighted by molar-refractivity contribution is 6.08. The molecule has 0 atom stereocenters. The smallest absolute Gasteiger partial charge is 0.253 e. The predicted octanol–water partition coefficient (Wildman–Crippen LogP) is 1.68. The van der Waals surface area contributed by atoms with Gasteiger partial charge in [0, 0.05) is 42.8 Å². The van der Waals surface area contributed by atoms with Crippen molar-refractivity contribution in [3.8, 4) is 0 Å². The molecule has 0 aliphatic carbocycles. The van der Waals surface area contributed by atoms with Crippen molar-refractivity contribution in [3.05, 3.63) is 35.3 Å². The number of nitrogens with zero attached hydrogens (tertiary/aromatic N) is 1. The molecule has 1 aromatic carbocycles. The van der Waals surface area contributed by atoms with Gasteiger partial charge in [-0.25, -0.2) is 4.39 Å². The number of morpholine rings is 1. The zero-order valence-corrected chi connectivity index (χ0v) is 12.6. The lowest BCUT2D eigenvalue weighted by atomic mass is 10.1. The summed E-state index contributed by atoms with van der Waals surface area (Å²) in [6.07, 6.45) is 0. The van der Waals surface area contributed by atoms with Crippen LogP contribution in [0.1, 0.15) is 16.1 Å². The van der Waals surface area contributed by atoms with Crippen molar-refractivity contribution in [2.45, 2.75) is 6.92 Å². The van der Waals surface area contributed by atoms with Crippen molar-refractivity contribution in [1.82, 2.24) is 15.2 Å². The zero-order valence-electron chi connectivity index (χ0n) is 12.6. The number of halogens is 1. The number of carbonyl (C=O) groups is 1. The molecule has 2 heterocycles. The first-order valence-electron chi connectivity index (χ1n) is 7.52. The standard InChI is InChI=1S/C16H20FN3O2/c1-11-14(15-12(17)3-2-4-13(15)19-11)16(21)18-5-6-20-7-9-22-10-8-20/h2-4,19H,5-10H2,1H3,(H,18,21). The summed E-state index contributed by atoms with van der Waals surface area (Å²) in [5.74, 6) is -0.609. The minimum Gasteiger partial charge on any atom is -0.379 e. The van der Waals surface area contributed by atoms with Crippen molar-refractivity contribution < 1.29 is 13.9 Å². The Morgan fingerprint density at radius 2 is 2.18 bits per heavy atom. The normalized spacial score (nSPS) is 16.1. The average Bonchev–Trinajstić information content (AvgIpc) is 2.86. The Labute approximate surface area is 128 Å². The molecule has 1 amide bonds. The lowest BCUT2D eigenvalue weighted by molar-refractivity contribution is 0.0383. The van der Waals surface area contributed by atoms with Crippen molar-refractivity contribution in [2.24, 2.45) is 0 Å². The Morgan fingerprint density at radius 1 is 1.41 bits per heavy atom. The predicted molar refractivity (Wildman–Crippen MR) is 82.6 cm³/mol. The molecule has 1 aromatic heterocycles. The van der Waals surface area contributed by atoms with Crippen LogP contribution in [0.25, 0.3) is 10.9 Å². The number of carbonyl (C=O) groups excluding carboxylic acids is 1. The fraction of sp³-hybridized carbons (Fsp3) is 0.438. The summed E-state index contributed by atoms with van der Waals surface area (Å²) in [5, 5.41) is 3.25. The van der Waals surface area contributed by atoms with Crippen molar-refractivity contribution in [1.29, 1.82) is 0 Å². The van der Waals surface area contributed by atoms with E-state index < -0.39 is 0 Å². The first-order valence-corrected chi connectivity index (χ1v) is 7.52. The highest BCUT2D eigenvalue weighted by atomic mass is 19.1. The second-order valence-corrected chi connectivity index (χ2v) is 5.50. The van der Waals surface area contributed by atoms with Crippen LogP contribution in [0, 0.1) is 12.7 Å². The van der Waals surface area contributed by atoms with E-state index in [9.17, 15) is 9.18 Å². The molecule has 2 N–H and O–H groups in total. The Morgan fingerprint density at radius 3 is 2.95 bits per heavy atom. The van der Waals surface area contributed by atoms with E-state index in [0.29, 0.717) is 28.7 Å². The zero-order chi connectivity index (χ0) is 15.5. The molecule has 0 radical (unpaired) electrons. The van der Waals surface area contributed by atoms with E-state index in [1.165, 1.54) is 6.07 Å². The maximum absolute atomic E-state index is 14.0. The first-order chi connectivity index (χ1) is 10.7. The number of fused-ring (bicyclic) bond motifs is 1. The number of rotatable bonds is 4. The van der Waals surface area contributed by atoms with Crippen LogP contribution in [0.2, 0.25) is 0 Å². The summed E-state index contributed by atoms with van der Waals surface area (Å²) < 4.78 is 19.3. The number of hydrogen-bond acceptors (Lipinski definition) is 3. The summed E-state index contributed by atoms with van der Waals surface area (Å²) in [5.41, 5.74) is 1.73. The molecule has 0 unspecified atom stereocenters. The fourth-order valence-corrected chi connectivity index (χ4v) is 2.86. The Kier molecular flexibility index (Phi) is 4.40. The van der Waals surface area contributed by atoms with Gasteiger partial charge < -0.3 is 15.0 Å². The lowest BCUT2D eigenvalue weighted by Crippen LogP contribution is -2.41. The lowest BCUT2D eigenvalue weighted by Gasteiger charge is -2.26. The van der Waals surface area contributed by atoms with E-state index in [-0.39, 0.29) is 11.7 Å². The molecule has 3 rings (SSSR count). The molecule has 1 fully saturated rings. The van der Waals surface area contributed by atoms with E-state index >= 15 is 0 Å². The van der Waals surface area contributed by atoms with Crippen molar-refractivity contribution in [2.75, 3.05) is 39.4 Å². The van der Waals surface area contributed by atoms with E-state index in [4.69, 9.17) is 4.74 Å². The van der Waals surface area contributed by atoms with Crippen LogP contribution in [-0.2, 0) is 4.74 Å². The molecular weight excluding hydrogens is 285 g/mol. The van der Waals surface area contributed by atoms with Gasteiger partial charge >= 0.3 is 0 Å². The molecular formula is C16H20FN3O2. The molecule has 6 heteroatoms. The van der Waals surface area contributed by atoms with E-state index in [2.05, 4.69) is 15.2 Å². The van der Waals surface area contributed by atoms with E-state index in [0.717, 1.165) is 32.8 Å². The Balaban J connectivity index is 1.68. The van der Waals surface area contributed by atoms with E-state index in [1.807, 2.05) is 0 Å². The van der Waals surface area contributed by atoms with Gasteiger partial charge in [-0.15, -0.1) is 0 Å². The molecule has 0 bridgehead atoms. The maximum atomic E-state index is 14.0. The number of aromatic amines is 1. The monoisotopic (exact) mass is 305 g/mol. The molecule has 1 aliphatic heterocycles. The topological polar surface area (TPSA) is 57.4 Å². The fourth-order valence-electron chi connectivity index (χ4n) is 2.86. The number of aryl methyl sites for hydroxylation is 1. The van der Waals surface area contributed by atoms with Gasteiger partial charge in [0.05, 0.1) is 18.8 Å². The third-order valence-corrected chi connectivity index (χ3v) is 4.01. The molecule has 0 saturated carbocycles. The third-order valence-electron chi connectivity index (χ3n) is 4.01. The summed E-state index contributed by atoms with van der Waals surface area (Å²) >= 11 is 0. The van der Waals surface area contributed by atoms with Gasteiger partial charge in [0.1, 0.15) is 5.82 Å². The van der Waals surface area contributed by atoms with Crippen molar-refractivity contribution >= 4 is 16.8 Å². The SMILES string of the molecule is Cc1[nH]c2cccc(F)c2c1C(=O)NCCN1CCOCC1. The summed E-state index contributed by atoms with van der Waals surface area (Å²) in [6, 6.07) is 4.78. The number of ether oxygens (including phenoxy) is 1. The number of hydrogen-bond donors (Lipinski definition) is 2. The minimum atomic E-state index is -0.375. The van der Waals surface area contributed by atoms with Gasteiger partial charge in [0.25, 0.3) is 5.91 Å². The summed E-state index contributed by atoms with van der Waals surface area (Å²) in [6.45, 7) is 6.35. The van der Waals surface area contributed by atoms with Gasteiger partial charge in [-0.05, 0) is 19.1 Å². The van der Waals surface area contributed by atoms with Crippen LogP contribution in [0.5, 0.6) is 0 Å². The van der Waals surface area contributed by atoms with Gasteiger partial charge in [0.15, 0.2) is 0 Å². The highest BCUT2D eigenvalue weighted by Crippen LogP contribution is 2.24. The maximum Gasteiger partial charge on any atom is 0.253 e. The van der Waals surface area contributed by atoms with Gasteiger partial charge in [-0.1, -0.05) is 6.07 Å². The summed E-state index contributed by atoms with van der Waals surface area (Å²) in [7, 11) is 0. The number of H-pyrrole nitrogens is 1. The molecule has 22 heavy (non-hydrogen) atoms. The molecule has 5 nitrogen and oxygen atoms in total. The minimum absolute atomic E-state index is 0.234. The molecule has 1 aliphatic rings. The van der Waals surface area contributed by atoms with Gasteiger partial charge in [-0.3, -0.25) is 9.69 Å². The first kappa shape index (κ1) is 15.0. The van der Waals surface area contributed by atoms with Crippen LogP contribution in [0.4, 0.5) is 4.39 Å². The Hall–Kier alpha value is -1.92. The molecule has 0 spiro atoms. The Bertz CT molecular complexity index is 677. The largest absolute Gasteiger partial charge is 0.379 e. The van der Waals surface area contributed by atoms with Crippen LogP contribution < -0.4 is 5.32 Å². The average molecular weight is 305 g/mol.